The normalized spacial score (nSPS) is 10.4. The molecule has 0 radical (unpaired) electrons. The van der Waals surface area contributed by atoms with Gasteiger partial charge in [-0.1, -0.05) is 5.16 Å². The lowest BCUT2D eigenvalue weighted by Gasteiger charge is -2.06. The second kappa shape index (κ2) is 6.39. The molecule has 0 aliphatic rings. The smallest absolute Gasteiger partial charge is 0.262 e. The van der Waals surface area contributed by atoms with Crippen LogP contribution < -0.4 is 14.2 Å². The van der Waals surface area contributed by atoms with Crippen LogP contribution in [0.3, 0.4) is 0 Å². The minimum atomic E-state index is 0.385. The number of rotatable bonds is 5. The molecule has 0 aliphatic heterocycles. The van der Waals surface area contributed by atoms with E-state index in [0.717, 1.165) is 11.3 Å². The van der Waals surface area contributed by atoms with E-state index >= 15 is 0 Å². The Labute approximate surface area is 133 Å². The van der Waals surface area contributed by atoms with Crippen molar-refractivity contribution in [3.63, 3.8) is 0 Å². The molecule has 3 rings (SSSR count). The van der Waals surface area contributed by atoms with Crippen molar-refractivity contribution >= 4 is 0 Å². The molecule has 1 aromatic heterocycles. The van der Waals surface area contributed by atoms with Crippen LogP contribution in [0.15, 0.2) is 47.0 Å². The number of nitrogens with zero attached hydrogens (tertiary/aromatic N) is 2. The molecule has 118 valence electrons. The highest BCUT2D eigenvalue weighted by Gasteiger charge is 2.15. The summed E-state index contributed by atoms with van der Waals surface area (Å²) in [6.45, 7) is 0. The molecule has 3 aromatic rings. The molecule has 0 unspecified atom stereocenters. The van der Waals surface area contributed by atoms with E-state index in [1.54, 1.807) is 27.4 Å². The summed E-state index contributed by atoms with van der Waals surface area (Å²) in [6.07, 6.45) is 0. The van der Waals surface area contributed by atoms with Crippen LogP contribution in [0.25, 0.3) is 22.8 Å². The summed E-state index contributed by atoms with van der Waals surface area (Å²) in [5.41, 5.74) is 1.55. The Morgan fingerprint density at radius 1 is 0.826 bits per heavy atom. The van der Waals surface area contributed by atoms with Crippen molar-refractivity contribution in [2.45, 2.75) is 0 Å². The number of benzene rings is 2. The first-order chi connectivity index (χ1) is 11.2. The number of ether oxygens (including phenoxy) is 3. The first-order valence-electron chi connectivity index (χ1n) is 6.95. The van der Waals surface area contributed by atoms with Crippen molar-refractivity contribution < 1.29 is 18.7 Å². The second-order valence-electron chi connectivity index (χ2n) is 4.72. The molecule has 1 heterocycles. The van der Waals surface area contributed by atoms with Crippen LogP contribution in [0.4, 0.5) is 0 Å². The number of aromatic nitrogens is 2. The average Bonchev–Trinajstić information content (AvgIpc) is 3.11. The molecule has 0 N–H and O–H groups in total. The van der Waals surface area contributed by atoms with Crippen molar-refractivity contribution in [2.24, 2.45) is 0 Å². The molecule has 0 spiro atoms. The molecule has 0 saturated heterocycles. The van der Waals surface area contributed by atoms with Gasteiger partial charge in [-0.05, 0) is 36.4 Å². The molecule has 0 atom stereocenters. The fourth-order valence-electron chi connectivity index (χ4n) is 2.17. The minimum absolute atomic E-state index is 0.385. The van der Waals surface area contributed by atoms with Gasteiger partial charge in [0.2, 0.25) is 5.82 Å². The maximum Gasteiger partial charge on any atom is 0.262 e. The van der Waals surface area contributed by atoms with Gasteiger partial charge in [-0.3, -0.25) is 0 Å². The minimum Gasteiger partial charge on any atom is -0.497 e. The Hall–Kier alpha value is -3.02. The van der Waals surface area contributed by atoms with Crippen LogP contribution in [-0.4, -0.2) is 31.5 Å². The van der Waals surface area contributed by atoms with Gasteiger partial charge in [0.05, 0.1) is 26.9 Å². The zero-order valence-corrected chi connectivity index (χ0v) is 13.1. The summed E-state index contributed by atoms with van der Waals surface area (Å²) in [4.78, 5) is 4.43. The highest BCUT2D eigenvalue weighted by molar-refractivity contribution is 5.66. The Balaban J connectivity index is 1.95. The molecule has 23 heavy (non-hydrogen) atoms. The van der Waals surface area contributed by atoms with E-state index in [0.29, 0.717) is 28.8 Å². The van der Waals surface area contributed by atoms with Gasteiger partial charge in [0, 0.05) is 11.6 Å². The van der Waals surface area contributed by atoms with E-state index in [2.05, 4.69) is 10.1 Å². The summed E-state index contributed by atoms with van der Waals surface area (Å²) in [6, 6.07) is 12.8. The zero-order chi connectivity index (χ0) is 16.2. The third kappa shape index (κ3) is 2.96. The Bertz CT molecular complexity index is 797. The van der Waals surface area contributed by atoms with Gasteiger partial charge >= 0.3 is 0 Å². The van der Waals surface area contributed by atoms with Crippen LogP contribution in [0.2, 0.25) is 0 Å². The lowest BCUT2D eigenvalue weighted by atomic mass is 10.2. The second-order valence-corrected chi connectivity index (χ2v) is 4.72. The van der Waals surface area contributed by atoms with Crippen LogP contribution in [0.1, 0.15) is 0 Å². The van der Waals surface area contributed by atoms with Gasteiger partial charge in [-0.15, -0.1) is 0 Å². The maximum atomic E-state index is 5.36. The van der Waals surface area contributed by atoms with Crippen LogP contribution in [0, 0.1) is 0 Å². The summed E-state index contributed by atoms with van der Waals surface area (Å²) in [5, 5.41) is 4.02. The number of methoxy groups -OCH3 is 3. The van der Waals surface area contributed by atoms with Crippen molar-refractivity contribution in [3.8, 4) is 40.1 Å². The van der Waals surface area contributed by atoms with E-state index in [-0.39, 0.29) is 0 Å². The molecule has 6 heteroatoms. The fourth-order valence-corrected chi connectivity index (χ4v) is 2.17. The molecule has 0 aliphatic carbocycles. The van der Waals surface area contributed by atoms with Gasteiger partial charge in [0.1, 0.15) is 17.2 Å². The topological polar surface area (TPSA) is 66.6 Å². The monoisotopic (exact) mass is 312 g/mol. The summed E-state index contributed by atoms with van der Waals surface area (Å²) in [7, 11) is 4.80. The number of hydrogen-bond donors (Lipinski definition) is 0. The SMILES string of the molecule is COc1ccc(-c2noc(-c3ccc(OC)cc3OC)n2)cc1. The third-order valence-electron chi connectivity index (χ3n) is 3.41. The highest BCUT2D eigenvalue weighted by atomic mass is 16.5. The Morgan fingerprint density at radius 2 is 1.52 bits per heavy atom. The predicted molar refractivity (Wildman–Crippen MR) is 84.8 cm³/mol. The van der Waals surface area contributed by atoms with E-state index in [9.17, 15) is 0 Å². The number of hydrogen-bond acceptors (Lipinski definition) is 6. The summed E-state index contributed by atoms with van der Waals surface area (Å²) >= 11 is 0. The molecular weight excluding hydrogens is 296 g/mol. The van der Waals surface area contributed by atoms with Gasteiger partial charge in [-0.25, -0.2) is 0 Å². The summed E-state index contributed by atoms with van der Waals surface area (Å²) in [5.74, 6) is 2.96. The standard InChI is InChI=1S/C17H16N2O4/c1-20-12-6-4-11(5-7-12)16-18-17(23-19-16)14-9-8-13(21-2)10-15(14)22-3/h4-10H,1-3H3. The predicted octanol–water partition coefficient (Wildman–Crippen LogP) is 3.43. The quantitative estimate of drug-likeness (QED) is 0.719. The molecule has 0 amide bonds. The molecule has 0 bridgehead atoms. The van der Waals surface area contributed by atoms with Gasteiger partial charge in [0.25, 0.3) is 5.89 Å². The largest absolute Gasteiger partial charge is 0.497 e. The van der Waals surface area contributed by atoms with Crippen molar-refractivity contribution in [1.29, 1.82) is 0 Å². The molecule has 0 saturated carbocycles. The Morgan fingerprint density at radius 3 is 2.17 bits per heavy atom. The van der Waals surface area contributed by atoms with E-state index in [4.69, 9.17) is 18.7 Å². The van der Waals surface area contributed by atoms with Gasteiger partial charge in [0.15, 0.2) is 0 Å². The molecule has 6 nitrogen and oxygen atoms in total. The lowest BCUT2D eigenvalue weighted by molar-refractivity contribution is 0.391. The van der Waals surface area contributed by atoms with E-state index in [1.165, 1.54) is 0 Å². The highest BCUT2D eigenvalue weighted by Crippen LogP contribution is 2.33. The first kappa shape index (κ1) is 14.9. The zero-order valence-electron chi connectivity index (χ0n) is 13.1. The average molecular weight is 312 g/mol. The maximum absolute atomic E-state index is 5.36. The first-order valence-corrected chi connectivity index (χ1v) is 6.95. The molecular formula is C17H16N2O4. The van der Waals surface area contributed by atoms with Crippen molar-refractivity contribution in [2.75, 3.05) is 21.3 Å². The fraction of sp³-hybridized carbons (Fsp3) is 0.176. The Kier molecular flexibility index (Phi) is 4.14. The molecule has 0 fully saturated rings. The lowest BCUT2D eigenvalue weighted by Crippen LogP contribution is -1.90. The van der Waals surface area contributed by atoms with Crippen molar-refractivity contribution in [3.05, 3.63) is 42.5 Å². The molecule has 2 aromatic carbocycles. The van der Waals surface area contributed by atoms with Crippen molar-refractivity contribution in [1.82, 2.24) is 10.1 Å². The van der Waals surface area contributed by atoms with E-state index in [1.807, 2.05) is 36.4 Å². The van der Waals surface area contributed by atoms with Gasteiger partial charge < -0.3 is 18.7 Å². The van der Waals surface area contributed by atoms with Crippen LogP contribution in [-0.2, 0) is 0 Å². The summed E-state index contributed by atoms with van der Waals surface area (Å²) < 4.78 is 21.1. The third-order valence-corrected chi connectivity index (χ3v) is 3.41. The van der Waals surface area contributed by atoms with Gasteiger partial charge in [-0.2, -0.15) is 4.98 Å². The van der Waals surface area contributed by atoms with E-state index < -0.39 is 0 Å². The van der Waals surface area contributed by atoms with Crippen LogP contribution in [0.5, 0.6) is 17.2 Å². The van der Waals surface area contributed by atoms with Crippen LogP contribution >= 0.6 is 0 Å².